The van der Waals surface area contributed by atoms with Crippen molar-refractivity contribution in [2.45, 2.75) is 6.43 Å². The molecule has 0 spiro atoms. The van der Waals surface area contributed by atoms with Gasteiger partial charge in [-0.25, -0.2) is 13.2 Å². The molecule has 0 radical (unpaired) electrons. The fraction of sp³-hybridized carbons (Fsp3) is 0.286. The molecule has 5 heteroatoms. The van der Waals surface area contributed by atoms with Gasteiger partial charge in [0.25, 0.3) is 6.43 Å². The van der Waals surface area contributed by atoms with Gasteiger partial charge in [0.2, 0.25) is 0 Å². The number of alkyl halides is 2. The molecule has 12 heavy (non-hydrogen) atoms. The second kappa shape index (κ2) is 3.42. The Morgan fingerprint density at radius 3 is 2.67 bits per heavy atom. The number of hydrogen-bond acceptors (Lipinski definition) is 2. The molecule has 0 fully saturated rings. The van der Waals surface area contributed by atoms with Gasteiger partial charge in [0.05, 0.1) is 13.3 Å². The van der Waals surface area contributed by atoms with Crippen molar-refractivity contribution in [3.63, 3.8) is 0 Å². The van der Waals surface area contributed by atoms with Crippen molar-refractivity contribution in [2.24, 2.45) is 0 Å². The molecule has 0 amide bonds. The highest BCUT2D eigenvalue weighted by molar-refractivity contribution is 5.24. The molecule has 0 unspecified atom stereocenters. The minimum absolute atomic E-state index is 0.222. The topological polar surface area (TPSA) is 22.1 Å². The third-order valence-corrected chi connectivity index (χ3v) is 1.28. The van der Waals surface area contributed by atoms with E-state index in [9.17, 15) is 13.2 Å². The predicted molar refractivity (Wildman–Crippen MR) is 35.7 cm³/mol. The Bertz CT molecular complexity index is 277. The first-order valence-corrected chi connectivity index (χ1v) is 3.12. The minimum Gasteiger partial charge on any atom is -0.494 e. The lowest BCUT2D eigenvalue weighted by molar-refractivity contribution is 0.145. The molecule has 1 heterocycles. The van der Waals surface area contributed by atoms with Crippen LogP contribution in [0, 0.1) is 5.82 Å². The summed E-state index contributed by atoms with van der Waals surface area (Å²) in [6, 6.07) is 0.875. The Morgan fingerprint density at radius 2 is 2.17 bits per heavy atom. The van der Waals surface area contributed by atoms with Crippen molar-refractivity contribution in [3.05, 3.63) is 23.8 Å². The zero-order valence-electron chi connectivity index (χ0n) is 6.22. The Balaban J connectivity index is 3.05. The van der Waals surface area contributed by atoms with Gasteiger partial charge >= 0.3 is 0 Å². The van der Waals surface area contributed by atoms with E-state index in [2.05, 4.69) is 9.72 Å². The zero-order chi connectivity index (χ0) is 9.14. The second-order valence-corrected chi connectivity index (χ2v) is 2.04. The van der Waals surface area contributed by atoms with Crippen molar-refractivity contribution >= 4 is 0 Å². The summed E-state index contributed by atoms with van der Waals surface area (Å²) in [6.45, 7) is 0. The van der Waals surface area contributed by atoms with Crippen LogP contribution in [0.1, 0.15) is 12.1 Å². The van der Waals surface area contributed by atoms with E-state index in [0.717, 1.165) is 6.07 Å². The van der Waals surface area contributed by atoms with E-state index in [1.54, 1.807) is 0 Å². The summed E-state index contributed by atoms with van der Waals surface area (Å²) in [5.74, 6) is -0.970. The van der Waals surface area contributed by atoms with Gasteiger partial charge in [-0.2, -0.15) is 0 Å². The van der Waals surface area contributed by atoms with Crippen molar-refractivity contribution in [1.29, 1.82) is 0 Å². The Kier molecular flexibility index (Phi) is 2.52. The largest absolute Gasteiger partial charge is 0.494 e. The fourth-order valence-electron chi connectivity index (χ4n) is 0.711. The van der Waals surface area contributed by atoms with Gasteiger partial charge in [0, 0.05) is 6.07 Å². The highest BCUT2D eigenvalue weighted by atomic mass is 19.3. The summed E-state index contributed by atoms with van der Waals surface area (Å²) >= 11 is 0. The van der Waals surface area contributed by atoms with Crippen LogP contribution in [0.3, 0.4) is 0 Å². The monoisotopic (exact) mass is 177 g/mol. The van der Waals surface area contributed by atoms with Crippen molar-refractivity contribution in [1.82, 2.24) is 4.98 Å². The number of halogens is 3. The minimum atomic E-state index is -2.71. The molecule has 1 aromatic heterocycles. The molecule has 0 N–H and O–H groups in total. The van der Waals surface area contributed by atoms with Crippen molar-refractivity contribution in [3.8, 4) is 5.75 Å². The fourth-order valence-corrected chi connectivity index (χ4v) is 0.711. The van der Waals surface area contributed by atoms with Gasteiger partial charge in [0.15, 0.2) is 11.6 Å². The first kappa shape index (κ1) is 8.83. The van der Waals surface area contributed by atoms with Crippen LogP contribution in [0.4, 0.5) is 13.2 Å². The quantitative estimate of drug-likeness (QED) is 0.690. The van der Waals surface area contributed by atoms with E-state index in [0.29, 0.717) is 6.20 Å². The lowest BCUT2D eigenvalue weighted by atomic mass is 10.3. The molecule has 1 rings (SSSR count). The van der Waals surface area contributed by atoms with Crippen LogP contribution < -0.4 is 4.74 Å². The molecular formula is C7H6F3NO. The van der Waals surface area contributed by atoms with E-state index in [4.69, 9.17) is 0 Å². The van der Waals surface area contributed by atoms with E-state index < -0.39 is 17.9 Å². The Morgan fingerprint density at radius 1 is 1.50 bits per heavy atom. The molecule has 2 nitrogen and oxygen atoms in total. The molecule has 0 aliphatic carbocycles. The lowest BCUT2D eigenvalue weighted by Crippen LogP contribution is -1.94. The van der Waals surface area contributed by atoms with Gasteiger partial charge in [-0.05, 0) is 0 Å². The van der Waals surface area contributed by atoms with Gasteiger partial charge < -0.3 is 4.74 Å². The molecule has 0 saturated carbocycles. The van der Waals surface area contributed by atoms with E-state index >= 15 is 0 Å². The first-order chi connectivity index (χ1) is 5.65. The molecule has 0 aliphatic rings. The normalized spacial score (nSPS) is 10.4. The van der Waals surface area contributed by atoms with Crippen molar-refractivity contribution < 1.29 is 17.9 Å². The maximum Gasteiger partial charge on any atom is 0.280 e. The predicted octanol–water partition coefficient (Wildman–Crippen LogP) is 2.17. The summed E-state index contributed by atoms with van der Waals surface area (Å²) in [7, 11) is 1.20. The molecule has 0 aromatic carbocycles. The number of rotatable bonds is 2. The molecule has 0 saturated heterocycles. The maximum atomic E-state index is 12.6. The molecule has 0 bridgehead atoms. The second-order valence-electron chi connectivity index (χ2n) is 2.04. The summed E-state index contributed by atoms with van der Waals surface area (Å²) in [5.41, 5.74) is -0.492. The van der Waals surface area contributed by atoms with E-state index in [-0.39, 0.29) is 5.75 Å². The molecule has 1 aromatic rings. The van der Waals surface area contributed by atoms with Crippen LogP contribution in [0.5, 0.6) is 5.75 Å². The lowest BCUT2D eigenvalue weighted by Gasteiger charge is -2.03. The van der Waals surface area contributed by atoms with Crippen LogP contribution in [-0.2, 0) is 0 Å². The third kappa shape index (κ3) is 1.66. The summed E-state index contributed by atoms with van der Waals surface area (Å²) in [4.78, 5) is 3.18. The number of aromatic nitrogens is 1. The van der Waals surface area contributed by atoms with E-state index in [1.807, 2.05) is 0 Å². The molecule has 0 aliphatic heterocycles. The highest BCUT2D eigenvalue weighted by Crippen LogP contribution is 2.22. The van der Waals surface area contributed by atoms with Gasteiger partial charge in [-0.1, -0.05) is 0 Å². The van der Waals surface area contributed by atoms with E-state index in [1.165, 1.54) is 7.11 Å². The summed E-state index contributed by atoms with van der Waals surface area (Å²) in [6.07, 6.45) is -2.00. The summed E-state index contributed by atoms with van der Waals surface area (Å²) in [5, 5.41) is 0. The van der Waals surface area contributed by atoms with Crippen LogP contribution in [-0.4, -0.2) is 12.1 Å². The van der Waals surface area contributed by atoms with Crippen LogP contribution >= 0.6 is 0 Å². The number of methoxy groups -OCH3 is 1. The maximum absolute atomic E-state index is 12.6. The van der Waals surface area contributed by atoms with Gasteiger partial charge in [0.1, 0.15) is 5.69 Å². The highest BCUT2D eigenvalue weighted by Gasteiger charge is 2.12. The molecule has 0 atom stereocenters. The van der Waals surface area contributed by atoms with Gasteiger partial charge in [-0.15, -0.1) is 0 Å². The average molecular weight is 177 g/mol. The Hall–Kier alpha value is -1.26. The van der Waals surface area contributed by atoms with Crippen LogP contribution in [0.15, 0.2) is 12.3 Å². The van der Waals surface area contributed by atoms with Crippen LogP contribution in [0.25, 0.3) is 0 Å². The van der Waals surface area contributed by atoms with Crippen molar-refractivity contribution in [2.75, 3.05) is 7.11 Å². The first-order valence-electron chi connectivity index (χ1n) is 3.12. The standard InChI is InChI=1S/C7H6F3NO/c1-12-6-2-5(7(9)10)11-3-4(6)8/h2-3,7H,1H3. The number of ether oxygens (including phenoxy) is 1. The SMILES string of the molecule is COc1cc(C(F)F)ncc1F. The number of pyridine rings is 1. The third-order valence-electron chi connectivity index (χ3n) is 1.28. The Labute approximate surface area is 67.0 Å². The molecular weight excluding hydrogens is 171 g/mol. The number of hydrogen-bond donors (Lipinski definition) is 0. The molecule has 66 valence electrons. The van der Waals surface area contributed by atoms with Gasteiger partial charge in [-0.3, -0.25) is 4.98 Å². The zero-order valence-corrected chi connectivity index (χ0v) is 6.22. The summed E-state index contributed by atoms with van der Waals surface area (Å²) < 4.78 is 41.0. The smallest absolute Gasteiger partial charge is 0.280 e. The van der Waals surface area contributed by atoms with Crippen LogP contribution in [0.2, 0.25) is 0 Å². The number of nitrogens with zero attached hydrogens (tertiary/aromatic N) is 1. The average Bonchev–Trinajstić information content (AvgIpc) is 2.05.